The van der Waals surface area contributed by atoms with Gasteiger partial charge in [0, 0.05) is 19.6 Å². The molecule has 0 aromatic rings. The summed E-state index contributed by atoms with van der Waals surface area (Å²) in [7, 11) is 0. The van der Waals surface area contributed by atoms with Crippen molar-refractivity contribution in [3.63, 3.8) is 0 Å². The van der Waals surface area contributed by atoms with Crippen molar-refractivity contribution in [1.82, 2.24) is 15.0 Å². The molecule has 0 aromatic carbocycles. The summed E-state index contributed by atoms with van der Waals surface area (Å²) in [6.07, 6.45) is 3.03. The molecule has 2 N–H and O–H groups in total. The van der Waals surface area contributed by atoms with E-state index in [-0.39, 0.29) is 11.8 Å². The number of fused-ring (bicyclic) bond motifs is 1. The number of amides is 1. The lowest BCUT2D eigenvalue weighted by atomic mass is 9.44. The normalized spacial score (nSPS) is 43.2. The Balaban J connectivity index is 1.86. The number of carbonyl (C=O) groups is 1. The molecule has 17 heavy (non-hydrogen) atoms. The van der Waals surface area contributed by atoms with E-state index in [9.17, 15) is 9.82 Å². The quantitative estimate of drug-likeness (QED) is 0.591. The van der Waals surface area contributed by atoms with Crippen molar-refractivity contribution in [2.24, 2.45) is 0 Å². The third-order valence-electron chi connectivity index (χ3n) is 4.84. The minimum absolute atomic E-state index is 0.0526. The standard InChI is InChI=1S/C11H21BN3O2/c1-12(17)10-3-2-6-14(10)11(16)8-15(12)9-4-5-13-7-9/h9-10,13,17H,2-8H2,1H3/q-1/t9-,10+,12?/m1/s1. The highest BCUT2D eigenvalue weighted by Crippen LogP contribution is 2.32. The van der Waals surface area contributed by atoms with Crippen molar-refractivity contribution >= 4 is 12.4 Å². The molecule has 96 valence electrons. The third-order valence-corrected chi connectivity index (χ3v) is 4.84. The molecule has 3 saturated heterocycles. The summed E-state index contributed by atoms with van der Waals surface area (Å²) in [4.78, 5) is 16.1. The van der Waals surface area contributed by atoms with Crippen molar-refractivity contribution in [3.8, 4) is 0 Å². The van der Waals surface area contributed by atoms with Gasteiger partial charge in [-0.1, -0.05) is 12.4 Å². The summed E-state index contributed by atoms with van der Waals surface area (Å²) in [6.45, 7) is 3.49. The maximum absolute atomic E-state index is 12.1. The predicted octanol–water partition coefficient (Wildman–Crippen LogP) is -0.742. The zero-order valence-corrected chi connectivity index (χ0v) is 10.4. The van der Waals surface area contributed by atoms with E-state index in [4.69, 9.17) is 0 Å². The first-order valence-electron chi connectivity index (χ1n) is 6.79. The molecule has 0 saturated carbocycles. The molecule has 0 aromatic heterocycles. The molecule has 1 unspecified atom stereocenters. The highest BCUT2D eigenvalue weighted by Gasteiger charge is 2.47. The van der Waals surface area contributed by atoms with E-state index >= 15 is 0 Å². The third kappa shape index (κ3) is 1.70. The number of nitrogens with zero attached hydrogens (tertiary/aromatic N) is 2. The van der Waals surface area contributed by atoms with Gasteiger partial charge in [-0.3, -0.25) is 4.79 Å². The summed E-state index contributed by atoms with van der Waals surface area (Å²) >= 11 is 0. The van der Waals surface area contributed by atoms with Crippen LogP contribution in [0.25, 0.3) is 0 Å². The molecule has 3 aliphatic rings. The topological polar surface area (TPSA) is 55.8 Å². The first kappa shape index (κ1) is 11.5. The van der Waals surface area contributed by atoms with Crippen LogP contribution in [-0.4, -0.2) is 65.3 Å². The SMILES string of the molecule is C[B-]1(O)[C@@H]2CCCN2C(=O)CN1[C@@H]1CCNC1. The van der Waals surface area contributed by atoms with Crippen LogP contribution in [-0.2, 0) is 4.79 Å². The second-order valence-electron chi connectivity index (χ2n) is 5.88. The highest BCUT2D eigenvalue weighted by atomic mass is 16.2. The molecule has 0 spiro atoms. The van der Waals surface area contributed by atoms with Gasteiger partial charge >= 0.3 is 0 Å². The van der Waals surface area contributed by atoms with Crippen LogP contribution >= 0.6 is 0 Å². The fourth-order valence-electron chi connectivity index (χ4n) is 3.89. The van der Waals surface area contributed by atoms with Crippen LogP contribution in [0.4, 0.5) is 0 Å². The van der Waals surface area contributed by atoms with Gasteiger partial charge in [0.15, 0.2) is 0 Å². The Labute approximate surface area is 102 Å². The number of hydrogen-bond acceptors (Lipinski definition) is 4. The minimum atomic E-state index is -1.58. The molecule has 3 heterocycles. The molecule has 6 heteroatoms. The summed E-state index contributed by atoms with van der Waals surface area (Å²) in [6, 6.07) is 0.330. The van der Waals surface area contributed by atoms with E-state index in [1.54, 1.807) is 0 Å². The first-order chi connectivity index (χ1) is 8.10. The smallest absolute Gasteiger partial charge is 0.230 e. The van der Waals surface area contributed by atoms with Crippen LogP contribution in [0.5, 0.6) is 0 Å². The predicted molar refractivity (Wildman–Crippen MR) is 66.6 cm³/mol. The summed E-state index contributed by atoms with van der Waals surface area (Å²) in [5, 5.41) is 14.2. The van der Waals surface area contributed by atoms with Crippen LogP contribution in [0.3, 0.4) is 0 Å². The highest BCUT2D eigenvalue weighted by molar-refractivity contribution is 6.71. The average Bonchev–Trinajstić information content (AvgIpc) is 2.93. The molecular formula is C11H21BN3O2-. The fraction of sp³-hybridized carbons (Fsp3) is 0.909. The van der Waals surface area contributed by atoms with Gasteiger partial charge in [-0.15, -0.1) is 6.82 Å². The van der Waals surface area contributed by atoms with Crippen molar-refractivity contribution in [1.29, 1.82) is 0 Å². The van der Waals surface area contributed by atoms with Crippen molar-refractivity contribution in [2.45, 2.75) is 38.1 Å². The molecule has 0 radical (unpaired) electrons. The van der Waals surface area contributed by atoms with Crippen LogP contribution in [0.15, 0.2) is 0 Å². The Morgan fingerprint density at radius 3 is 3.00 bits per heavy atom. The Bertz CT molecular complexity index is 331. The van der Waals surface area contributed by atoms with Gasteiger partial charge in [0.1, 0.15) is 0 Å². The molecule has 3 fully saturated rings. The second kappa shape index (κ2) is 3.97. The van der Waals surface area contributed by atoms with E-state index in [0.29, 0.717) is 12.6 Å². The number of rotatable bonds is 1. The van der Waals surface area contributed by atoms with E-state index in [0.717, 1.165) is 38.9 Å². The number of hydrogen-bond donors (Lipinski definition) is 2. The van der Waals surface area contributed by atoms with Crippen LogP contribution in [0.1, 0.15) is 19.3 Å². The van der Waals surface area contributed by atoms with Gasteiger partial charge in [0.05, 0.1) is 0 Å². The Morgan fingerprint density at radius 1 is 1.47 bits per heavy atom. The molecule has 5 nitrogen and oxygen atoms in total. The Kier molecular flexibility index (Phi) is 2.68. The van der Waals surface area contributed by atoms with Crippen LogP contribution < -0.4 is 5.32 Å². The monoisotopic (exact) mass is 238 g/mol. The molecular weight excluding hydrogens is 217 g/mol. The van der Waals surface area contributed by atoms with E-state index in [1.807, 2.05) is 11.7 Å². The first-order valence-corrected chi connectivity index (χ1v) is 6.79. The molecule has 3 atom stereocenters. The number of carbonyl (C=O) groups excluding carboxylic acids is 1. The lowest BCUT2D eigenvalue weighted by Gasteiger charge is -2.57. The van der Waals surface area contributed by atoms with Gasteiger partial charge in [-0.2, -0.15) is 0 Å². The maximum Gasteiger partial charge on any atom is 0.230 e. The van der Waals surface area contributed by atoms with Crippen LogP contribution in [0.2, 0.25) is 6.82 Å². The lowest BCUT2D eigenvalue weighted by molar-refractivity contribution is -0.134. The molecule has 0 aliphatic carbocycles. The zero-order valence-electron chi connectivity index (χ0n) is 10.4. The molecule has 3 rings (SSSR count). The van der Waals surface area contributed by atoms with Crippen molar-refractivity contribution in [3.05, 3.63) is 0 Å². The van der Waals surface area contributed by atoms with Gasteiger partial charge in [0.2, 0.25) is 12.4 Å². The van der Waals surface area contributed by atoms with Gasteiger partial charge < -0.3 is 20.1 Å². The minimum Gasteiger partial charge on any atom is -0.591 e. The Morgan fingerprint density at radius 2 is 2.29 bits per heavy atom. The average molecular weight is 238 g/mol. The van der Waals surface area contributed by atoms with E-state index in [2.05, 4.69) is 10.1 Å². The second-order valence-corrected chi connectivity index (χ2v) is 5.88. The maximum atomic E-state index is 12.1. The van der Waals surface area contributed by atoms with E-state index < -0.39 is 6.48 Å². The van der Waals surface area contributed by atoms with Crippen LogP contribution in [0, 0.1) is 0 Å². The molecule has 0 bridgehead atoms. The molecule has 3 aliphatic heterocycles. The fourth-order valence-corrected chi connectivity index (χ4v) is 3.89. The number of nitrogens with one attached hydrogen (secondary N) is 1. The Hall–Kier alpha value is -0.585. The lowest BCUT2D eigenvalue weighted by Crippen LogP contribution is -2.73. The summed E-state index contributed by atoms with van der Waals surface area (Å²) < 4.78 is 0. The van der Waals surface area contributed by atoms with Crippen molar-refractivity contribution in [2.75, 3.05) is 26.2 Å². The summed E-state index contributed by atoms with van der Waals surface area (Å²) in [5.41, 5.74) is 0. The van der Waals surface area contributed by atoms with E-state index in [1.165, 1.54) is 0 Å². The summed E-state index contributed by atoms with van der Waals surface area (Å²) in [5.74, 6) is 0.254. The van der Waals surface area contributed by atoms with Gasteiger partial charge in [-0.25, -0.2) is 0 Å². The largest absolute Gasteiger partial charge is 0.591 e. The van der Waals surface area contributed by atoms with Crippen molar-refractivity contribution < 1.29 is 9.82 Å². The van der Waals surface area contributed by atoms with Gasteiger partial charge in [0.25, 0.3) is 0 Å². The zero-order chi connectivity index (χ0) is 12.0. The molecule has 1 amide bonds. The van der Waals surface area contributed by atoms with Gasteiger partial charge in [-0.05, 0) is 25.4 Å².